The molecule has 1 N–H and O–H groups in total. The van der Waals surface area contributed by atoms with Gasteiger partial charge < -0.3 is 9.95 Å². The van der Waals surface area contributed by atoms with E-state index in [-0.39, 0.29) is 18.4 Å². The summed E-state index contributed by atoms with van der Waals surface area (Å²) in [6, 6.07) is 0.726. The Balaban J connectivity index is 3.12. The first kappa shape index (κ1) is 16.1. The Kier molecular flexibility index (Phi) is 4.50. The molecule has 20 heavy (non-hydrogen) atoms. The summed E-state index contributed by atoms with van der Waals surface area (Å²) in [4.78, 5) is 17.9. The summed E-state index contributed by atoms with van der Waals surface area (Å²) >= 11 is 0. The first-order valence-corrected chi connectivity index (χ1v) is 5.81. The van der Waals surface area contributed by atoms with Gasteiger partial charge in [0.15, 0.2) is 5.78 Å². The summed E-state index contributed by atoms with van der Waals surface area (Å²) in [6.45, 7) is 9.56. The van der Waals surface area contributed by atoms with E-state index in [1.165, 1.54) is 6.92 Å². The summed E-state index contributed by atoms with van der Waals surface area (Å²) in [7, 11) is 0. The van der Waals surface area contributed by atoms with E-state index in [1.807, 2.05) is 0 Å². The van der Waals surface area contributed by atoms with Crippen molar-refractivity contribution in [2.24, 2.45) is 0 Å². The van der Waals surface area contributed by atoms with E-state index in [1.54, 1.807) is 6.92 Å². The van der Waals surface area contributed by atoms with E-state index >= 15 is 0 Å². The van der Waals surface area contributed by atoms with Crippen LogP contribution >= 0.6 is 0 Å². The molecule has 1 rings (SSSR count). The SMILES string of the molecule is [C-]#[N+]c1ncc(CC(=O)[C@@](C)(O)CC)cc1C(F)(F)F. The van der Waals surface area contributed by atoms with Gasteiger partial charge >= 0.3 is 6.18 Å². The zero-order chi connectivity index (χ0) is 15.6. The molecule has 1 aromatic heterocycles. The number of carbonyl (C=O) groups excluding carboxylic acids is 1. The number of nitrogens with zero attached hydrogens (tertiary/aromatic N) is 2. The number of rotatable bonds is 4. The number of pyridine rings is 1. The second kappa shape index (κ2) is 5.59. The summed E-state index contributed by atoms with van der Waals surface area (Å²) in [6.07, 6.45) is -3.87. The maximum Gasteiger partial charge on any atom is 0.409 e. The molecule has 0 aliphatic heterocycles. The van der Waals surface area contributed by atoms with E-state index in [4.69, 9.17) is 6.57 Å². The molecule has 4 nitrogen and oxygen atoms in total. The number of hydrogen-bond donors (Lipinski definition) is 1. The molecule has 0 aromatic carbocycles. The standard InChI is InChI=1S/C13H13F3N2O2/c1-4-12(2,20)10(19)6-8-5-9(13(14,15)16)11(17-3)18-7-8/h5,7,20H,4,6H2,1-2H3/t12-/m0/s1. The van der Waals surface area contributed by atoms with E-state index < -0.39 is 28.9 Å². The molecule has 0 bridgehead atoms. The molecule has 0 aliphatic rings. The van der Waals surface area contributed by atoms with Crippen molar-refractivity contribution in [3.63, 3.8) is 0 Å². The van der Waals surface area contributed by atoms with Crippen LogP contribution in [0.4, 0.5) is 19.0 Å². The third kappa shape index (κ3) is 3.54. The Bertz CT molecular complexity index is 560. The van der Waals surface area contributed by atoms with E-state index in [0.29, 0.717) is 0 Å². The lowest BCUT2D eigenvalue weighted by Crippen LogP contribution is -2.35. The van der Waals surface area contributed by atoms with Gasteiger partial charge in [0.2, 0.25) is 0 Å². The summed E-state index contributed by atoms with van der Waals surface area (Å²) in [5.74, 6) is -1.35. The van der Waals surface area contributed by atoms with Gasteiger partial charge in [-0.2, -0.15) is 13.2 Å². The number of hydrogen-bond acceptors (Lipinski definition) is 3. The molecule has 0 saturated heterocycles. The first-order chi connectivity index (χ1) is 9.11. The van der Waals surface area contributed by atoms with Gasteiger partial charge in [0.25, 0.3) is 5.82 Å². The monoisotopic (exact) mass is 286 g/mol. The van der Waals surface area contributed by atoms with Crippen LogP contribution in [0.1, 0.15) is 31.4 Å². The maximum atomic E-state index is 12.7. The number of aliphatic hydroxyl groups is 1. The Morgan fingerprint density at radius 1 is 1.50 bits per heavy atom. The van der Waals surface area contributed by atoms with Crippen LogP contribution in [-0.2, 0) is 17.4 Å². The summed E-state index contributed by atoms with van der Waals surface area (Å²) in [5.41, 5.74) is -2.74. The molecule has 0 radical (unpaired) electrons. The third-order valence-electron chi connectivity index (χ3n) is 2.99. The fourth-order valence-corrected chi connectivity index (χ4v) is 1.47. The van der Waals surface area contributed by atoms with Crippen molar-refractivity contribution in [3.05, 3.63) is 34.8 Å². The molecule has 1 heterocycles. The smallest absolute Gasteiger partial charge is 0.382 e. The molecular weight excluding hydrogens is 273 g/mol. The lowest BCUT2D eigenvalue weighted by Gasteiger charge is -2.19. The van der Waals surface area contributed by atoms with Gasteiger partial charge in [-0.25, -0.2) is 0 Å². The molecule has 0 saturated carbocycles. The third-order valence-corrected chi connectivity index (χ3v) is 2.99. The predicted molar refractivity (Wildman–Crippen MR) is 65.1 cm³/mol. The van der Waals surface area contributed by atoms with Crippen molar-refractivity contribution in [2.45, 2.75) is 38.5 Å². The number of ketones is 1. The minimum atomic E-state index is -4.71. The van der Waals surface area contributed by atoms with Crippen LogP contribution in [0.2, 0.25) is 0 Å². The van der Waals surface area contributed by atoms with Crippen molar-refractivity contribution < 1.29 is 23.1 Å². The van der Waals surface area contributed by atoms with Gasteiger partial charge in [-0.05, 0) is 13.3 Å². The quantitative estimate of drug-likeness (QED) is 0.866. The minimum Gasteiger partial charge on any atom is -0.382 e. The highest BCUT2D eigenvalue weighted by Crippen LogP contribution is 2.35. The highest BCUT2D eigenvalue weighted by Gasteiger charge is 2.35. The van der Waals surface area contributed by atoms with Crippen LogP contribution < -0.4 is 0 Å². The predicted octanol–water partition coefficient (Wildman–Crippen LogP) is 2.92. The molecule has 0 amide bonds. The molecule has 108 valence electrons. The zero-order valence-corrected chi connectivity index (χ0v) is 11.0. The normalized spacial score (nSPS) is 14.4. The van der Waals surface area contributed by atoms with Crippen LogP contribution in [0.3, 0.4) is 0 Å². The highest BCUT2D eigenvalue weighted by molar-refractivity contribution is 5.88. The topological polar surface area (TPSA) is 54.5 Å². The molecule has 0 aliphatic carbocycles. The lowest BCUT2D eigenvalue weighted by atomic mass is 9.93. The Morgan fingerprint density at radius 2 is 2.10 bits per heavy atom. The highest BCUT2D eigenvalue weighted by atomic mass is 19.4. The molecule has 0 fully saturated rings. The molecule has 1 atom stereocenters. The summed E-state index contributed by atoms with van der Waals surface area (Å²) in [5, 5.41) is 9.74. The van der Waals surface area contributed by atoms with Gasteiger partial charge in [0.05, 0.1) is 5.56 Å². The molecule has 1 aromatic rings. The van der Waals surface area contributed by atoms with Crippen molar-refractivity contribution in [3.8, 4) is 0 Å². The van der Waals surface area contributed by atoms with Crippen molar-refractivity contribution >= 4 is 11.6 Å². The lowest BCUT2D eigenvalue weighted by molar-refractivity contribution is -0.137. The zero-order valence-electron chi connectivity index (χ0n) is 11.0. The van der Waals surface area contributed by atoms with Gasteiger partial charge in [0, 0.05) is 12.0 Å². The van der Waals surface area contributed by atoms with Crippen LogP contribution in [0.15, 0.2) is 12.3 Å². The van der Waals surface area contributed by atoms with Crippen molar-refractivity contribution in [2.75, 3.05) is 0 Å². The summed E-state index contributed by atoms with van der Waals surface area (Å²) < 4.78 is 38.2. The number of alkyl halides is 3. The van der Waals surface area contributed by atoms with Gasteiger partial charge in [-0.3, -0.25) is 4.79 Å². The molecule has 7 heteroatoms. The first-order valence-electron chi connectivity index (χ1n) is 5.81. The number of Topliss-reactive ketones (excluding diaryl/α,β-unsaturated/α-hetero) is 1. The Hall–Kier alpha value is -1.94. The van der Waals surface area contributed by atoms with Crippen molar-refractivity contribution in [1.29, 1.82) is 0 Å². The second-order valence-electron chi connectivity index (χ2n) is 4.55. The average Bonchev–Trinajstić information content (AvgIpc) is 2.37. The average molecular weight is 286 g/mol. The van der Waals surface area contributed by atoms with Gasteiger partial charge in [0.1, 0.15) is 11.8 Å². The van der Waals surface area contributed by atoms with E-state index in [0.717, 1.165) is 12.3 Å². The molecule has 0 spiro atoms. The Labute approximate surface area is 114 Å². The van der Waals surface area contributed by atoms with E-state index in [9.17, 15) is 23.1 Å². The van der Waals surface area contributed by atoms with Crippen molar-refractivity contribution in [1.82, 2.24) is 4.98 Å². The van der Waals surface area contributed by atoms with Crippen LogP contribution in [0.25, 0.3) is 4.85 Å². The van der Waals surface area contributed by atoms with Gasteiger partial charge in [-0.1, -0.05) is 19.6 Å². The van der Waals surface area contributed by atoms with E-state index in [2.05, 4.69) is 9.83 Å². The van der Waals surface area contributed by atoms with Crippen LogP contribution in [-0.4, -0.2) is 21.5 Å². The Morgan fingerprint density at radius 3 is 2.55 bits per heavy atom. The van der Waals surface area contributed by atoms with Crippen LogP contribution in [0, 0.1) is 6.57 Å². The van der Waals surface area contributed by atoms with Crippen LogP contribution in [0.5, 0.6) is 0 Å². The maximum absolute atomic E-state index is 12.7. The molecule has 0 unspecified atom stereocenters. The largest absolute Gasteiger partial charge is 0.409 e. The number of aromatic nitrogens is 1. The fourth-order valence-electron chi connectivity index (χ4n) is 1.47. The molecular formula is C13H13F3N2O2. The fraction of sp³-hybridized carbons (Fsp3) is 0.462. The van der Waals surface area contributed by atoms with Gasteiger partial charge in [-0.15, -0.1) is 4.98 Å². The second-order valence-corrected chi connectivity index (χ2v) is 4.55. The minimum absolute atomic E-state index is 0.0171. The number of halogens is 3. The number of carbonyl (C=O) groups is 1.